The van der Waals surface area contributed by atoms with E-state index in [9.17, 15) is 9.59 Å². The summed E-state index contributed by atoms with van der Waals surface area (Å²) >= 11 is 0. The third-order valence-corrected chi connectivity index (χ3v) is 9.31. The van der Waals surface area contributed by atoms with Crippen molar-refractivity contribution >= 4 is 23.4 Å². The molecule has 1 atom stereocenters. The summed E-state index contributed by atoms with van der Waals surface area (Å²) in [6.45, 7) is 8.72. The van der Waals surface area contributed by atoms with Crippen LogP contribution in [0.4, 0.5) is 11.5 Å². The fraction of sp³-hybridized carbons (Fsp3) is 0.500. The average Bonchev–Trinajstić information content (AvgIpc) is 3.95. The summed E-state index contributed by atoms with van der Waals surface area (Å²) < 4.78 is 22.9. The van der Waals surface area contributed by atoms with Crippen LogP contribution in [-0.2, 0) is 14.3 Å². The van der Waals surface area contributed by atoms with E-state index in [2.05, 4.69) is 22.0 Å². The molecule has 0 radical (unpaired) electrons. The highest BCUT2D eigenvalue weighted by molar-refractivity contribution is 6.09. The van der Waals surface area contributed by atoms with Gasteiger partial charge in [0.15, 0.2) is 0 Å². The van der Waals surface area contributed by atoms with Gasteiger partial charge in [-0.05, 0) is 106 Å². The topological polar surface area (TPSA) is 90.4 Å². The molecule has 0 bridgehead atoms. The molecule has 1 unspecified atom stereocenters. The molecule has 0 N–H and O–H groups in total. The molecule has 1 saturated heterocycles. The van der Waals surface area contributed by atoms with Crippen LogP contribution in [0.3, 0.4) is 0 Å². The number of rotatable bonds is 15. The summed E-state index contributed by atoms with van der Waals surface area (Å²) in [5.41, 5.74) is 2.03. The first kappa shape index (κ1) is 34.2. The third kappa shape index (κ3) is 9.04. The van der Waals surface area contributed by atoms with Crippen LogP contribution < -0.4 is 19.3 Å². The molecule has 1 aliphatic carbocycles. The molecule has 1 saturated carbocycles. The number of methoxy groups -OCH3 is 2. The van der Waals surface area contributed by atoms with Crippen LogP contribution in [0.25, 0.3) is 0 Å². The van der Waals surface area contributed by atoms with Crippen LogP contribution in [0.5, 0.6) is 11.5 Å². The number of benzene rings is 2. The van der Waals surface area contributed by atoms with E-state index in [1.807, 2.05) is 69.3 Å². The lowest BCUT2D eigenvalue weighted by molar-refractivity contribution is -0.143. The fourth-order valence-electron chi connectivity index (χ4n) is 6.29. The lowest BCUT2D eigenvalue weighted by atomic mass is 9.91. The molecule has 2 fully saturated rings. The largest absolute Gasteiger partial charge is 0.497 e. The first-order valence-corrected chi connectivity index (χ1v) is 16.8. The molecule has 9 nitrogen and oxygen atoms in total. The molecule has 252 valence electrons. The van der Waals surface area contributed by atoms with Crippen molar-refractivity contribution in [2.24, 2.45) is 11.8 Å². The number of pyridine rings is 1. The Morgan fingerprint density at radius 1 is 0.979 bits per heavy atom. The maximum atomic E-state index is 14.3. The van der Waals surface area contributed by atoms with Crippen LogP contribution in [0.1, 0.15) is 74.7 Å². The van der Waals surface area contributed by atoms with Gasteiger partial charge in [0, 0.05) is 32.5 Å². The predicted molar refractivity (Wildman–Crippen MR) is 184 cm³/mol. The molecule has 1 aliphatic heterocycles. The van der Waals surface area contributed by atoms with E-state index in [1.165, 1.54) is 0 Å². The maximum absolute atomic E-state index is 14.3. The molecule has 9 heteroatoms. The summed E-state index contributed by atoms with van der Waals surface area (Å²) in [6, 6.07) is 19.4. The number of esters is 1. The number of carbonyl (C=O) groups excluding carboxylic acids is 2. The van der Waals surface area contributed by atoms with Gasteiger partial charge in [-0.3, -0.25) is 14.5 Å². The van der Waals surface area contributed by atoms with Gasteiger partial charge in [0.05, 0.1) is 50.1 Å². The number of amides is 1. The van der Waals surface area contributed by atoms with E-state index < -0.39 is 5.60 Å². The van der Waals surface area contributed by atoms with Gasteiger partial charge in [-0.25, -0.2) is 4.98 Å². The number of hydrogen-bond donors (Lipinski definition) is 0. The minimum absolute atomic E-state index is 0.133. The Morgan fingerprint density at radius 3 is 2.43 bits per heavy atom. The Bertz CT molecular complexity index is 1480. The Morgan fingerprint density at radius 2 is 1.77 bits per heavy atom. The van der Waals surface area contributed by atoms with Gasteiger partial charge in [-0.15, -0.1) is 0 Å². The van der Waals surface area contributed by atoms with E-state index in [4.69, 9.17) is 18.9 Å². The molecular weight excluding hydrogens is 594 g/mol. The second-order valence-corrected chi connectivity index (χ2v) is 13.2. The number of ether oxygens (including phenoxy) is 4. The van der Waals surface area contributed by atoms with Crippen molar-refractivity contribution in [1.82, 2.24) is 4.98 Å². The predicted octanol–water partition coefficient (Wildman–Crippen LogP) is 6.90. The molecular formula is C38H49N3O6. The van der Waals surface area contributed by atoms with Gasteiger partial charge in [-0.2, -0.15) is 0 Å². The van der Waals surface area contributed by atoms with E-state index in [0.717, 1.165) is 55.8 Å². The van der Waals surface area contributed by atoms with E-state index in [1.54, 1.807) is 25.3 Å². The van der Waals surface area contributed by atoms with E-state index in [-0.39, 0.29) is 17.8 Å². The molecule has 2 aliphatic rings. The summed E-state index contributed by atoms with van der Waals surface area (Å²) in [6.07, 6.45) is 6.28. The number of piperidine rings is 1. The van der Waals surface area contributed by atoms with Gasteiger partial charge < -0.3 is 23.8 Å². The summed E-state index contributed by atoms with van der Waals surface area (Å²) in [7, 11) is 3.30. The lowest BCUT2D eigenvalue weighted by Crippen LogP contribution is -2.44. The number of nitrogens with zero attached hydrogens (tertiary/aromatic N) is 3. The zero-order valence-electron chi connectivity index (χ0n) is 28.4. The van der Waals surface area contributed by atoms with Crippen LogP contribution in [0.15, 0.2) is 66.9 Å². The normalized spacial score (nSPS) is 16.0. The first-order chi connectivity index (χ1) is 22.7. The van der Waals surface area contributed by atoms with E-state index in [0.29, 0.717) is 55.1 Å². The average molecular weight is 644 g/mol. The molecule has 2 heterocycles. The highest BCUT2D eigenvalue weighted by Gasteiger charge is 2.35. The lowest BCUT2D eigenvalue weighted by Gasteiger charge is -2.36. The summed E-state index contributed by atoms with van der Waals surface area (Å²) in [5.74, 6) is 2.95. The number of hydrogen-bond acceptors (Lipinski definition) is 8. The van der Waals surface area contributed by atoms with E-state index >= 15 is 0 Å². The van der Waals surface area contributed by atoms with Gasteiger partial charge in [-0.1, -0.05) is 18.2 Å². The Hall–Kier alpha value is -4.11. The Labute approximate surface area is 279 Å². The minimum atomic E-state index is -0.572. The molecule has 1 amide bonds. The Balaban J connectivity index is 1.26. The standard InChI is InChI=1S/C38H49N3O6/c1-6-46-36(42)24-33(28-13-14-28)29-10-9-11-31(22-29)47-25-27-17-20-40(21-18-27)34-23-30(44-4)15-16-32(34)37(43)41(26-38(2,3)45-5)35-12-7-8-19-39-35/h7-12,15-16,19,22-23,27-28,33H,6,13-14,17-18,20-21,24-26H2,1-5H3. The molecule has 47 heavy (non-hydrogen) atoms. The van der Waals surface area contributed by atoms with Gasteiger partial charge in [0.1, 0.15) is 17.3 Å². The van der Waals surface area contributed by atoms with Crippen molar-refractivity contribution in [1.29, 1.82) is 0 Å². The minimum Gasteiger partial charge on any atom is -0.497 e. The fourth-order valence-corrected chi connectivity index (χ4v) is 6.29. The van der Waals surface area contributed by atoms with Crippen molar-refractivity contribution in [2.45, 2.75) is 64.4 Å². The van der Waals surface area contributed by atoms with Crippen molar-refractivity contribution in [3.8, 4) is 11.5 Å². The number of aromatic nitrogens is 1. The summed E-state index contributed by atoms with van der Waals surface area (Å²) in [4.78, 5) is 35.0. The highest BCUT2D eigenvalue weighted by atomic mass is 16.5. The zero-order valence-corrected chi connectivity index (χ0v) is 28.4. The highest BCUT2D eigenvalue weighted by Crippen LogP contribution is 2.45. The van der Waals surface area contributed by atoms with Crippen LogP contribution in [0, 0.1) is 11.8 Å². The van der Waals surface area contributed by atoms with Crippen molar-refractivity contribution in [3.63, 3.8) is 0 Å². The molecule has 1 aromatic heterocycles. The van der Waals surface area contributed by atoms with Gasteiger partial charge in [0.25, 0.3) is 5.91 Å². The molecule has 2 aromatic carbocycles. The van der Waals surface area contributed by atoms with Gasteiger partial charge in [0.2, 0.25) is 0 Å². The quantitative estimate of drug-likeness (QED) is 0.165. The van der Waals surface area contributed by atoms with Crippen molar-refractivity contribution < 1.29 is 28.5 Å². The molecule has 5 rings (SSSR count). The third-order valence-electron chi connectivity index (χ3n) is 9.31. The number of carbonyl (C=O) groups is 2. The molecule has 3 aromatic rings. The van der Waals surface area contributed by atoms with Crippen molar-refractivity contribution in [3.05, 3.63) is 78.0 Å². The monoisotopic (exact) mass is 643 g/mol. The molecule has 0 spiro atoms. The summed E-state index contributed by atoms with van der Waals surface area (Å²) in [5, 5.41) is 0. The second-order valence-electron chi connectivity index (χ2n) is 13.2. The zero-order chi connectivity index (χ0) is 33.4. The Kier molecular flexibility index (Phi) is 11.4. The first-order valence-electron chi connectivity index (χ1n) is 16.8. The van der Waals surface area contributed by atoms with Crippen LogP contribution in [-0.4, -0.2) is 69.5 Å². The SMILES string of the molecule is CCOC(=O)CC(c1cccc(OCC2CCN(c3cc(OC)ccc3C(=O)N(CC(C)(C)OC)c3ccccn3)CC2)c1)C1CC1. The smallest absolute Gasteiger partial charge is 0.306 e. The maximum Gasteiger partial charge on any atom is 0.306 e. The van der Waals surface area contributed by atoms with Gasteiger partial charge >= 0.3 is 5.97 Å². The van der Waals surface area contributed by atoms with Crippen LogP contribution >= 0.6 is 0 Å². The van der Waals surface area contributed by atoms with Crippen LogP contribution in [0.2, 0.25) is 0 Å². The van der Waals surface area contributed by atoms with Crippen molar-refractivity contribution in [2.75, 3.05) is 56.9 Å². The number of anilines is 2. The second kappa shape index (κ2) is 15.7.